The third-order valence-electron chi connectivity index (χ3n) is 4.15. The lowest BCUT2D eigenvalue weighted by atomic mass is 9.77. The summed E-state index contributed by atoms with van der Waals surface area (Å²) in [6.07, 6.45) is 2.85. The lowest BCUT2D eigenvalue weighted by Crippen LogP contribution is -2.44. The van der Waals surface area contributed by atoms with E-state index in [1.807, 2.05) is 0 Å². The van der Waals surface area contributed by atoms with Gasteiger partial charge >= 0.3 is 0 Å². The molecular weight excluding hydrogens is 350 g/mol. The number of aromatic nitrogens is 2. The fraction of sp³-hybridized carbons (Fsp3) is 0.429. The van der Waals surface area contributed by atoms with Gasteiger partial charge in [0.2, 0.25) is 15.9 Å². The number of benzene rings is 1. The Labute approximate surface area is 143 Å². The monoisotopic (exact) mass is 367 g/mol. The van der Waals surface area contributed by atoms with E-state index < -0.39 is 20.5 Å². The van der Waals surface area contributed by atoms with E-state index in [0.29, 0.717) is 11.7 Å². The van der Waals surface area contributed by atoms with Crippen LogP contribution in [-0.2, 0) is 22.0 Å². The smallest absolute Gasteiger partial charge is 0.269 e. The molecule has 0 unspecified atom stereocenters. The molecule has 1 aliphatic carbocycles. The second-order valence-electron chi connectivity index (χ2n) is 5.92. The van der Waals surface area contributed by atoms with Crippen LogP contribution in [0.2, 0.25) is 0 Å². The molecule has 3 N–H and O–H groups in total. The highest BCUT2D eigenvalue weighted by Gasteiger charge is 2.38. The maximum atomic E-state index is 12.2. The number of nitrogens with one attached hydrogen (secondary N) is 1. The van der Waals surface area contributed by atoms with Crippen LogP contribution in [-0.4, -0.2) is 30.0 Å². The van der Waals surface area contributed by atoms with Crippen LogP contribution in [0.5, 0.6) is 0 Å². The average molecular weight is 367 g/mol. The van der Waals surface area contributed by atoms with Crippen molar-refractivity contribution in [2.24, 2.45) is 5.73 Å². The van der Waals surface area contributed by atoms with E-state index in [0.717, 1.165) is 31.4 Å². The van der Waals surface area contributed by atoms with Crippen LogP contribution in [0.15, 0.2) is 33.7 Å². The first-order chi connectivity index (χ1) is 11.8. The topological polar surface area (TPSA) is 154 Å². The largest absolute Gasteiger partial charge is 0.339 e. The van der Waals surface area contributed by atoms with Crippen molar-refractivity contribution in [3.63, 3.8) is 0 Å². The van der Waals surface area contributed by atoms with E-state index in [9.17, 15) is 18.5 Å². The molecule has 0 aliphatic heterocycles. The SMILES string of the molecule is NC1(c2noc(CCNS(=O)(=O)c3ccc([N+](=O)[O-])cc3)n2)CCC1. The fourth-order valence-corrected chi connectivity index (χ4v) is 3.49. The number of nitro groups is 1. The van der Waals surface area contributed by atoms with E-state index in [1.54, 1.807) is 0 Å². The molecule has 10 nitrogen and oxygen atoms in total. The molecule has 2 aromatic rings. The molecule has 1 aromatic carbocycles. The maximum absolute atomic E-state index is 12.2. The second-order valence-corrected chi connectivity index (χ2v) is 7.69. The minimum Gasteiger partial charge on any atom is -0.339 e. The summed E-state index contributed by atoms with van der Waals surface area (Å²) in [4.78, 5) is 14.2. The Balaban J connectivity index is 1.58. The van der Waals surface area contributed by atoms with E-state index in [1.165, 1.54) is 12.1 Å². The van der Waals surface area contributed by atoms with Gasteiger partial charge in [0.25, 0.3) is 5.69 Å². The molecule has 134 valence electrons. The first kappa shape index (κ1) is 17.5. The van der Waals surface area contributed by atoms with Gasteiger partial charge in [-0.3, -0.25) is 10.1 Å². The van der Waals surface area contributed by atoms with Crippen molar-refractivity contribution in [2.75, 3.05) is 6.54 Å². The molecule has 0 bridgehead atoms. The third-order valence-corrected chi connectivity index (χ3v) is 5.62. The quantitative estimate of drug-likeness (QED) is 0.539. The van der Waals surface area contributed by atoms with E-state index in [-0.39, 0.29) is 23.5 Å². The van der Waals surface area contributed by atoms with Crippen molar-refractivity contribution in [2.45, 2.75) is 36.1 Å². The van der Waals surface area contributed by atoms with E-state index in [4.69, 9.17) is 10.3 Å². The number of sulfonamides is 1. The zero-order valence-electron chi connectivity index (χ0n) is 13.2. The standard InChI is InChI=1S/C14H17N5O5S/c15-14(7-1-8-14)13-17-12(24-18-13)6-9-16-25(22,23)11-4-2-10(3-5-11)19(20)21/h2-5,16H,1,6-9,15H2. The minimum atomic E-state index is -3.78. The van der Waals surface area contributed by atoms with Crippen molar-refractivity contribution < 1.29 is 17.9 Å². The molecule has 0 atom stereocenters. The molecule has 0 spiro atoms. The fourth-order valence-electron chi connectivity index (χ4n) is 2.46. The molecule has 1 heterocycles. The summed E-state index contributed by atoms with van der Waals surface area (Å²) in [6.45, 7) is 0.0541. The number of nitro benzene ring substituents is 1. The highest BCUT2D eigenvalue weighted by Crippen LogP contribution is 2.36. The lowest BCUT2D eigenvalue weighted by molar-refractivity contribution is -0.384. The lowest BCUT2D eigenvalue weighted by Gasteiger charge is -2.34. The van der Waals surface area contributed by atoms with Crippen molar-refractivity contribution in [3.05, 3.63) is 46.1 Å². The summed E-state index contributed by atoms with van der Waals surface area (Å²) in [7, 11) is -3.78. The van der Waals surface area contributed by atoms with Crippen molar-refractivity contribution in [1.29, 1.82) is 0 Å². The van der Waals surface area contributed by atoms with Gasteiger partial charge in [-0.2, -0.15) is 4.98 Å². The average Bonchev–Trinajstić information content (AvgIpc) is 3.01. The van der Waals surface area contributed by atoms with Crippen LogP contribution >= 0.6 is 0 Å². The van der Waals surface area contributed by atoms with Crippen LogP contribution < -0.4 is 10.5 Å². The van der Waals surface area contributed by atoms with Crippen LogP contribution in [0, 0.1) is 10.1 Å². The van der Waals surface area contributed by atoms with Gasteiger partial charge in [0.05, 0.1) is 15.4 Å². The number of hydrogen-bond donors (Lipinski definition) is 2. The summed E-state index contributed by atoms with van der Waals surface area (Å²) in [5.41, 5.74) is 5.40. The first-order valence-electron chi connectivity index (χ1n) is 7.66. The minimum absolute atomic E-state index is 0.0541. The second kappa shape index (κ2) is 6.50. The first-order valence-corrected chi connectivity index (χ1v) is 9.15. The molecule has 0 amide bonds. The summed E-state index contributed by atoms with van der Waals surface area (Å²) in [5, 5.41) is 14.5. The predicted octanol–water partition coefficient (Wildman–Crippen LogP) is 0.837. The molecule has 3 rings (SSSR count). The molecule has 0 radical (unpaired) electrons. The summed E-state index contributed by atoms with van der Waals surface area (Å²) in [5.74, 6) is 0.755. The van der Waals surface area contributed by atoms with Crippen molar-refractivity contribution in [3.8, 4) is 0 Å². The van der Waals surface area contributed by atoms with Gasteiger partial charge in [0.1, 0.15) is 0 Å². The Kier molecular flexibility index (Phi) is 4.54. The number of hydrogen-bond acceptors (Lipinski definition) is 8. The molecule has 1 fully saturated rings. The number of non-ortho nitro benzene ring substituents is 1. The van der Waals surface area contributed by atoms with Gasteiger partial charge < -0.3 is 10.3 Å². The Morgan fingerprint density at radius 1 is 1.32 bits per heavy atom. The van der Waals surface area contributed by atoms with Gasteiger partial charge in [-0.25, -0.2) is 13.1 Å². The van der Waals surface area contributed by atoms with Gasteiger partial charge in [-0.15, -0.1) is 0 Å². The van der Waals surface area contributed by atoms with Crippen LogP contribution in [0.25, 0.3) is 0 Å². The summed E-state index contributed by atoms with van der Waals surface area (Å²) in [6, 6.07) is 4.64. The molecule has 1 aliphatic rings. The number of rotatable bonds is 7. The molecule has 1 aromatic heterocycles. The normalized spacial score (nSPS) is 16.4. The predicted molar refractivity (Wildman–Crippen MR) is 86.0 cm³/mol. The number of nitrogens with two attached hydrogens (primary N) is 1. The molecule has 25 heavy (non-hydrogen) atoms. The summed E-state index contributed by atoms with van der Waals surface area (Å²) >= 11 is 0. The maximum Gasteiger partial charge on any atom is 0.269 e. The van der Waals surface area contributed by atoms with Gasteiger partial charge in [0.15, 0.2) is 5.82 Å². The van der Waals surface area contributed by atoms with E-state index >= 15 is 0 Å². The third kappa shape index (κ3) is 3.67. The van der Waals surface area contributed by atoms with Gasteiger partial charge in [-0.05, 0) is 31.4 Å². The van der Waals surface area contributed by atoms with Crippen LogP contribution in [0.4, 0.5) is 5.69 Å². The molecular formula is C14H17N5O5S. The Bertz CT molecular complexity index is 873. The van der Waals surface area contributed by atoms with E-state index in [2.05, 4.69) is 14.9 Å². The Morgan fingerprint density at radius 2 is 2.00 bits per heavy atom. The Hall–Kier alpha value is -2.37. The van der Waals surface area contributed by atoms with Crippen molar-refractivity contribution >= 4 is 15.7 Å². The zero-order chi connectivity index (χ0) is 18.1. The highest BCUT2D eigenvalue weighted by molar-refractivity contribution is 7.89. The van der Waals surface area contributed by atoms with Gasteiger partial charge in [-0.1, -0.05) is 5.16 Å². The summed E-state index contributed by atoms with van der Waals surface area (Å²) < 4.78 is 31.8. The Morgan fingerprint density at radius 3 is 2.56 bits per heavy atom. The molecule has 0 saturated heterocycles. The zero-order valence-corrected chi connectivity index (χ0v) is 14.0. The highest BCUT2D eigenvalue weighted by atomic mass is 32.2. The molecule has 11 heteroatoms. The number of nitrogens with zero attached hydrogens (tertiary/aromatic N) is 3. The van der Waals surface area contributed by atoms with Gasteiger partial charge in [0, 0.05) is 25.1 Å². The van der Waals surface area contributed by atoms with Crippen LogP contribution in [0.3, 0.4) is 0 Å². The van der Waals surface area contributed by atoms with Crippen LogP contribution in [0.1, 0.15) is 31.0 Å². The van der Waals surface area contributed by atoms with Crippen molar-refractivity contribution in [1.82, 2.24) is 14.9 Å². The molecule has 1 saturated carbocycles.